The summed E-state index contributed by atoms with van der Waals surface area (Å²) in [5, 5.41) is 5.82. The second-order valence-corrected chi connectivity index (χ2v) is 10.4. The lowest BCUT2D eigenvalue weighted by Crippen LogP contribution is -2.36. The number of nitrogens with zero attached hydrogens (tertiary/aromatic N) is 3. The van der Waals surface area contributed by atoms with E-state index in [1.165, 1.54) is 12.1 Å². The minimum absolute atomic E-state index is 0.0473. The van der Waals surface area contributed by atoms with E-state index < -0.39 is 22.5 Å². The Morgan fingerprint density at radius 1 is 1.13 bits per heavy atom. The maximum absolute atomic E-state index is 12.6. The van der Waals surface area contributed by atoms with Gasteiger partial charge in [-0.15, -0.1) is 0 Å². The van der Waals surface area contributed by atoms with E-state index >= 15 is 0 Å². The van der Waals surface area contributed by atoms with Crippen molar-refractivity contribution in [2.75, 3.05) is 30.7 Å². The van der Waals surface area contributed by atoms with Crippen molar-refractivity contribution in [3.63, 3.8) is 0 Å². The Balaban J connectivity index is 1.45. The van der Waals surface area contributed by atoms with Gasteiger partial charge in [-0.25, -0.2) is 23.1 Å². The molecule has 0 saturated carbocycles. The van der Waals surface area contributed by atoms with Crippen LogP contribution in [0, 0.1) is 6.92 Å². The van der Waals surface area contributed by atoms with Crippen molar-refractivity contribution >= 4 is 33.1 Å². The number of halogens is 2. The Kier molecular flexibility index (Phi) is 8.69. The first-order valence-corrected chi connectivity index (χ1v) is 13.5. The minimum Gasteiger partial charge on any atom is -0.435 e. The number of benzene rings is 2. The lowest BCUT2D eigenvalue weighted by atomic mass is 10.1. The number of aromatic nitrogens is 3. The Bertz CT molecular complexity index is 1560. The summed E-state index contributed by atoms with van der Waals surface area (Å²) < 4.78 is 57.1. The summed E-state index contributed by atoms with van der Waals surface area (Å²) >= 11 is 0. The summed E-state index contributed by atoms with van der Waals surface area (Å²) in [6, 6.07) is 11.3. The zero-order chi connectivity index (χ0) is 28.0. The molecule has 2 aromatic carbocycles. The fourth-order valence-electron chi connectivity index (χ4n) is 3.84. The molecule has 0 unspecified atom stereocenters. The number of nitrogens with one attached hydrogen (secondary N) is 3. The van der Waals surface area contributed by atoms with Crippen LogP contribution in [0.15, 0.2) is 61.1 Å². The predicted molar refractivity (Wildman–Crippen MR) is 143 cm³/mol. The molecule has 39 heavy (non-hydrogen) atoms. The molecule has 0 fully saturated rings. The fourth-order valence-corrected chi connectivity index (χ4v) is 4.79. The van der Waals surface area contributed by atoms with Crippen LogP contribution < -0.4 is 25.8 Å². The topological polar surface area (TPSA) is 153 Å². The average molecular weight is 560 g/mol. The molecule has 2 aromatic heterocycles. The van der Waals surface area contributed by atoms with Gasteiger partial charge < -0.3 is 21.1 Å². The molecular formula is C25H27F2N7O4S. The number of carbonyl (C=O) groups is 1. The summed E-state index contributed by atoms with van der Waals surface area (Å²) in [5.74, 6) is -0.125. The number of alkyl halides is 2. The van der Waals surface area contributed by atoms with Gasteiger partial charge in [0.05, 0.1) is 17.6 Å². The highest BCUT2D eigenvalue weighted by Gasteiger charge is 2.15. The van der Waals surface area contributed by atoms with Crippen LogP contribution in [0.3, 0.4) is 0 Å². The second kappa shape index (κ2) is 12.1. The molecule has 0 atom stereocenters. The maximum Gasteiger partial charge on any atom is 0.387 e. The zero-order valence-corrected chi connectivity index (χ0v) is 21.7. The maximum atomic E-state index is 12.6. The van der Waals surface area contributed by atoms with Crippen molar-refractivity contribution < 1.29 is 26.7 Å². The lowest BCUT2D eigenvalue weighted by Gasteiger charge is -2.12. The van der Waals surface area contributed by atoms with E-state index in [9.17, 15) is 22.0 Å². The largest absolute Gasteiger partial charge is 0.435 e. The molecule has 11 nitrogen and oxygen atoms in total. The Morgan fingerprint density at radius 3 is 2.59 bits per heavy atom. The highest BCUT2D eigenvalue weighted by Crippen LogP contribution is 2.27. The number of hydrogen-bond donors (Lipinski definition) is 4. The van der Waals surface area contributed by atoms with E-state index in [0.29, 0.717) is 28.3 Å². The molecule has 0 aliphatic rings. The molecule has 5 N–H and O–H groups in total. The minimum atomic E-state index is -3.52. The van der Waals surface area contributed by atoms with E-state index in [0.717, 1.165) is 11.3 Å². The Morgan fingerprint density at radius 2 is 1.90 bits per heavy atom. The molecule has 0 aliphatic heterocycles. The monoisotopic (exact) mass is 559 g/mol. The number of amides is 1. The fraction of sp³-hybridized carbons (Fsp3) is 0.240. The Hall–Kier alpha value is -4.14. The smallest absolute Gasteiger partial charge is 0.387 e. The van der Waals surface area contributed by atoms with Gasteiger partial charge in [-0.1, -0.05) is 0 Å². The highest BCUT2D eigenvalue weighted by molar-refractivity contribution is 7.89. The zero-order valence-electron chi connectivity index (χ0n) is 20.9. The normalized spacial score (nSPS) is 11.6. The molecule has 4 aromatic rings. The van der Waals surface area contributed by atoms with Crippen molar-refractivity contribution in [1.82, 2.24) is 24.4 Å². The van der Waals surface area contributed by atoms with Crippen LogP contribution in [0.5, 0.6) is 5.75 Å². The van der Waals surface area contributed by atoms with E-state index in [4.69, 9.17) is 5.73 Å². The number of imidazole rings is 1. The van der Waals surface area contributed by atoms with E-state index in [-0.39, 0.29) is 31.1 Å². The van der Waals surface area contributed by atoms with E-state index in [2.05, 4.69) is 30.1 Å². The van der Waals surface area contributed by atoms with E-state index in [1.54, 1.807) is 55.8 Å². The summed E-state index contributed by atoms with van der Waals surface area (Å²) in [6.45, 7) is -0.854. The van der Waals surface area contributed by atoms with Crippen molar-refractivity contribution in [2.24, 2.45) is 5.73 Å². The number of ether oxygens (including phenoxy) is 1. The van der Waals surface area contributed by atoms with E-state index in [1.807, 2.05) is 4.40 Å². The Labute approximate surface area is 223 Å². The standard InChI is InChI=1S/C25H27F2N7O4S/c1-16-14-18(4-7-20(16)24(35)30-11-13-39(36,37)32-9-8-28)33-22-23-31-15-21(34(23)12-10-29-22)17-2-5-19(6-3-17)38-25(26)27/h2-7,10,12,14-15,25,32H,8-9,11,13,28H2,1H3,(H,29,33)(H,30,35). The van der Waals surface area contributed by atoms with Crippen LogP contribution in [-0.2, 0) is 10.0 Å². The third-order valence-corrected chi connectivity index (χ3v) is 7.05. The lowest BCUT2D eigenvalue weighted by molar-refractivity contribution is -0.0498. The summed E-state index contributed by atoms with van der Waals surface area (Å²) in [5.41, 5.74) is 9.04. The number of aryl methyl sites for hydroxylation is 1. The summed E-state index contributed by atoms with van der Waals surface area (Å²) in [7, 11) is -3.52. The first kappa shape index (κ1) is 27.9. The number of rotatable bonds is 12. The predicted octanol–water partition coefficient (Wildman–Crippen LogP) is 2.66. The number of sulfonamides is 1. The van der Waals surface area contributed by atoms with Crippen molar-refractivity contribution in [3.05, 3.63) is 72.2 Å². The van der Waals surface area contributed by atoms with Gasteiger partial charge in [0, 0.05) is 48.8 Å². The number of anilines is 2. The molecule has 0 bridgehead atoms. The number of nitrogens with two attached hydrogens (primary N) is 1. The molecule has 1 amide bonds. The van der Waals surface area contributed by atoms with Crippen molar-refractivity contribution in [2.45, 2.75) is 13.5 Å². The van der Waals surface area contributed by atoms with Gasteiger partial charge in [-0.2, -0.15) is 8.78 Å². The SMILES string of the molecule is Cc1cc(Nc2nccn3c(-c4ccc(OC(F)F)cc4)cnc23)ccc1C(=O)NCCS(=O)(=O)NCCN. The van der Waals surface area contributed by atoms with Crippen LogP contribution in [-0.4, -0.2) is 60.7 Å². The third-order valence-electron chi connectivity index (χ3n) is 5.66. The molecule has 0 radical (unpaired) electrons. The summed E-state index contributed by atoms with van der Waals surface area (Å²) in [4.78, 5) is 21.4. The molecule has 14 heteroatoms. The van der Waals surface area contributed by atoms with Crippen LogP contribution in [0.25, 0.3) is 16.9 Å². The summed E-state index contributed by atoms with van der Waals surface area (Å²) in [6.07, 6.45) is 4.98. The van der Waals surface area contributed by atoms with Crippen LogP contribution in [0.1, 0.15) is 15.9 Å². The van der Waals surface area contributed by atoms with Crippen molar-refractivity contribution in [1.29, 1.82) is 0 Å². The second-order valence-electron chi connectivity index (χ2n) is 8.43. The first-order chi connectivity index (χ1) is 18.7. The molecule has 0 spiro atoms. The number of fused-ring (bicyclic) bond motifs is 1. The quantitative estimate of drug-likeness (QED) is 0.207. The molecule has 4 rings (SSSR count). The molecule has 0 aliphatic carbocycles. The highest BCUT2D eigenvalue weighted by atomic mass is 32.2. The van der Waals surface area contributed by atoms with Gasteiger partial charge in [-0.3, -0.25) is 9.20 Å². The van der Waals surface area contributed by atoms with Gasteiger partial charge in [-0.05, 0) is 55.0 Å². The molecule has 206 valence electrons. The van der Waals surface area contributed by atoms with Gasteiger partial charge >= 0.3 is 6.61 Å². The third kappa shape index (κ3) is 7.04. The van der Waals surface area contributed by atoms with Crippen molar-refractivity contribution in [3.8, 4) is 17.0 Å². The van der Waals surface area contributed by atoms with Gasteiger partial charge in [0.2, 0.25) is 10.0 Å². The van der Waals surface area contributed by atoms with Gasteiger partial charge in [0.15, 0.2) is 11.5 Å². The van der Waals surface area contributed by atoms with Gasteiger partial charge in [0.1, 0.15) is 5.75 Å². The number of carbonyl (C=O) groups excluding carboxylic acids is 1. The van der Waals surface area contributed by atoms with Crippen LogP contribution >= 0.6 is 0 Å². The average Bonchev–Trinajstić information content (AvgIpc) is 3.33. The van der Waals surface area contributed by atoms with Crippen LogP contribution in [0.2, 0.25) is 0 Å². The number of hydrogen-bond acceptors (Lipinski definition) is 8. The molecule has 2 heterocycles. The van der Waals surface area contributed by atoms with Gasteiger partial charge in [0.25, 0.3) is 5.91 Å². The molecule has 0 saturated heterocycles. The first-order valence-electron chi connectivity index (χ1n) is 11.9. The molecular weight excluding hydrogens is 532 g/mol. The van der Waals surface area contributed by atoms with Crippen LogP contribution in [0.4, 0.5) is 20.3 Å².